The van der Waals surface area contributed by atoms with Gasteiger partial charge in [0.05, 0.1) is 11.1 Å². The molecule has 1 aromatic rings. The minimum atomic E-state index is -0.436. The summed E-state index contributed by atoms with van der Waals surface area (Å²) in [5.74, 6) is 0.0769. The van der Waals surface area contributed by atoms with E-state index in [-0.39, 0.29) is 35.3 Å². The standard InChI is InChI=1S/C21H31F2N5O.HI/c1-24-20(25-15-21(8-4-5-9-21)19(29)26(2)3)28-12-10-27(11-13-28)18-14-16(22)6-7-17(18)23;/h6-7,14H,4-5,8-13,15H2,1-3H3,(H,24,25);1H. The number of carbonyl (C=O) groups excluding carboxylic acids is 1. The highest BCUT2D eigenvalue weighted by Gasteiger charge is 2.42. The summed E-state index contributed by atoms with van der Waals surface area (Å²) in [4.78, 5) is 22.8. The Morgan fingerprint density at radius 3 is 2.37 bits per heavy atom. The summed E-state index contributed by atoms with van der Waals surface area (Å²) >= 11 is 0. The van der Waals surface area contributed by atoms with Gasteiger partial charge < -0.3 is 20.0 Å². The van der Waals surface area contributed by atoms with Gasteiger partial charge in [-0.1, -0.05) is 12.8 Å². The van der Waals surface area contributed by atoms with Crippen LogP contribution in [0, 0.1) is 17.0 Å². The fraction of sp³-hybridized carbons (Fsp3) is 0.619. The van der Waals surface area contributed by atoms with Gasteiger partial charge in [-0.05, 0) is 25.0 Å². The van der Waals surface area contributed by atoms with E-state index in [4.69, 9.17) is 0 Å². The summed E-state index contributed by atoms with van der Waals surface area (Å²) in [5.41, 5.74) is -0.0690. The number of hydrogen-bond donors (Lipinski definition) is 1. The van der Waals surface area contributed by atoms with E-state index < -0.39 is 11.6 Å². The first-order valence-corrected chi connectivity index (χ1v) is 10.2. The van der Waals surface area contributed by atoms with Gasteiger partial charge in [-0.15, -0.1) is 24.0 Å². The van der Waals surface area contributed by atoms with Crippen LogP contribution in [0.25, 0.3) is 0 Å². The Labute approximate surface area is 194 Å². The third-order valence-electron chi connectivity index (χ3n) is 6.05. The second-order valence-electron chi connectivity index (χ2n) is 8.16. The Kier molecular flexibility index (Phi) is 8.69. The SMILES string of the molecule is CN=C(NCC1(C(=O)N(C)C)CCCC1)N1CCN(c2cc(F)ccc2F)CC1.I. The minimum Gasteiger partial charge on any atom is -0.366 e. The molecule has 1 aromatic carbocycles. The van der Waals surface area contributed by atoms with E-state index in [1.165, 1.54) is 12.1 Å². The summed E-state index contributed by atoms with van der Waals surface area (Å²) in [7, 11) is 5.35. The van der Waals surface area contributed by atoms with E-state index >= 15 is 0 Å². The Morgan fingerprint density at radius 1 is 1.17 bits per heavy atom. The fourth-order valence-electron chi connectivity index (χ4n) is 4.46. The third kappa shape index (κ3) is 5.33. The summed E-state index contributed by atoms with van der Waals surface area (Å²) in [6.45, 7) is 3.00. The molecule has 6 nitrogen and oxygen atoms in total. The largest absolute Gasteiger partial charge is 0.366 e. The number of amides is 1. The van der Waals surface area contributed by atoms with Crippen molar-refractivity contribution in [2.45, 2.75) is 25.7 Å². The molecule has 1 saturated carbocycles. The molecule has 0 atom stereocenters. The van der Waals surface area contributed by atoms with Crippen molar-refractivity contribution in [1.29, 1.82) is 0 Å². The molecule has 0 bridgehead atoms. The molecule has 9 heteroatoms. The van der Waals surface area contributed by atoms with E-state index in [2.05, 4.69) is 15.2 Å². The van der Waals surface area contributed by atoms with Crippen molar-refractivity contribution in [2.75, 3.05) is 58.8 Å². The fourth-order valence-corrected chi connectivity index (χ4v) is 4.46. The van der Waals surface area contributed by atoms with Crippen LogP contribution >= 0.6 is 24.0 Å². The van der Waals surface area contributed by atoms with Crippen LogP contribution in [0.3, 0.4) is 0 Å². The number of carbonyl (C=O) groups is 1. The number of guanidine groups is 1. The molecule has 3 rings (SSSR count). The van der Waals surface area contributed by atoms with E-state index in [9.17, 15) is 13.6 Å². The quantitative estimate of drug-likeness (QED) is 0.366. The molecule has 0 radical (unpaired) electrons. The van der Waals surface area contributed by atoms with Crippen molar-refractivity contribution in [3.63, 3.8) is 0 Å². The molecule has 1 aliphatic heterocycles. The molecular formula is C21H32F2IN5O. The van der Waals surface area contributed by atoms with Gasteiger partial charge in [0.25, 0.3) is 0 Å². The first-order valence-electron chi connectivity index (χ1n) is 10.2. The predicted octanol–water partition coefficient (Wildman–Crippen LogP) is 2.93. The number of aliphatic imine (C=N–C) groups is 1. The van der Waals surface area contributed by atoms with Crippen LogP contribution in [-0.2, 0) is 4.79 Å². The van der Waals surface area contributed by atoms with Crippen molar-refractivity contribution in [1.82, 2.24) is 15.1 Å². The zero-order chi connectivity index (χ0) is 21.0. The molecule has 168 valence electrons. The third-order valence-corrected chi connectivity index (χ3v) is 6.05. The second kappa shape index (κ2) is 10.6. The zero-order valence-electron chi connectivity index (χ0n) is 18.0. The highest BCUT2D eigenvalue weighted by Crippen LogP contribution is 2.39. The van der Waals surface area contributed by atoms with E-state index in [1.807, 2.05) is 19.0 Å². The maximum Gasteiger partial charge on any atom is 0.230 e. The molecule has 1 amide bonds. The predicted molar refractivity (Wildman–Crippen MR) is 127 cm³/mol. The van der Waals surface area contributed by atoms with Crippen molar-refractivity contribution in [2.24, 2.45) is 10.4 Å². The van der Waals surface area contributed by atoms with Crippen LogP contribution in [0.2, 0.25) is 0 Å². The number of hydrogen-bond acceptors (Lipinski definition) is 3. The maximum absolute atomic E-state index is 14.1. The number of nitrogens with one attached hydrogen (secondary N) is 1. The van der Waals surface area contributed by atoms with Crippen LogP contribution in [0.5, 0.6) is 0 Å². The van der Waals surface area contributed by atoms with Crippen molar-refractivity contribution >= 4 is 41.5 Å². The van der Waals surface area contributed by atoms with E-state index in [0.717, 1.165) is 37.7 Å². The lowest BCUT2D eigenvalue weighted by Crippen LogP contribution is -2.55. The van der Waals surface area contributed by atoms with Gasteiger partial charge in [-0.2, -0.15) is 0 Å². The summed E-state index contributed by atoms with van der Waals surface area (Å²) in [5, 5.41) is 3.41. The topological polar surface area (TPSA) is 51.2 Å². The molecule has 1 saturated heterocycles. The van der Waals surface area contributed by atoms with Gasteiger partial charge in [0.1, 0.15) is 11.6 Å². The van der Waals surface area contributed by atoms with Crippen LogP contribution in [0.1, 0.15) is 25.7 Å². The zero-order valence-corrected chi connectivity index (χ0v) is 20.3. The van der Waals surface area contributed by atoms with Gasteiger partial charge in [-0.3, -0.25) is 9.79 Å². The molecule has 1 heterocycles. The van der Waals surface area contributed by atoms with E-state index in [0.29, 0.717) is 38.4 Å². The number of anilines is 1. The van der Waals surface area contributed by atoms with Gasteiger partial charge in [-0.25, -0.2) is 8.78 Å². The number of rotatable bonds is 4. The van der Waals surface area contributed by atoms with Gasteiger partial charge in [0.2, 0.25) is 5.91 Å². The lowest BCUT2D eigenvalue weighted by atomic mass is 9.84. The molecule has 1 N–H and O–H groups in total. The lowest BCUT2D eigenvalue weighted by Gasteiger charge is -2.39. The number of piperazine rings is 1. The normalized spacial score (nSPS) is 18.8. The average molecular weight is 535 g/mol. The molecule has 0 spiro atoms. The maximum atomic E-state index is 14.1. The van der Waals surface area contributed by atoms with Crippen molar-refractivity contribution < 1.29 is 13.6 Å². The molecule has 30 heavy (non-hydrogen) atoms. The molecule has 0 aromatic heterocycles. The first-order chi connectivity index (χ1) is 13.9. The smallest absolute Gasteiger partial charge is 0.230 e. The number of halogens is 3. The molecule has 1 aliphatic carbocycles. The van der Waals surface area contributed by atoms with Gasteiger partial charge in [0, 0.05) is 59.9 Å². The monoisotopic (exact) mass is 535 g/mol. The average Bonchev–Trinajstić information content (AvgIpc) is 3.20. The van der Waals surface area contributed by atoms with Crippen molar-refractivity contribution in [3.05, 3.63) is 29.8 Å². The molecule has 2 fully saturated rings. The second-order valence-corrected chi connectivity index (χ2v) is 8.16. The van der Waals surface area contributed by atoms with E-state index in [1.54, 1.807) is 11.9 Å². The minimum absolute atomic E-state index is 0. The Balaban J connectivity index is 0.00000320. The molecule has 2 aliphatic rings. The summed E-state index contributed by atoms with van der Waals surface area (Å²) in [6, 6.07) is 3.55. The van der Waals surface area contributed by atoms with Crippen LogP contribution in [0.4, 0.5) is 14.5 Å². The molecular weight excluding hydrogens is 503 g/mol. The Hall–Kier alpha value is -1.65. The van der Waals surface area contributed by atoms with Crippen LogP contribution < -0.4 is 10.2 Å². The summed E-state index contributed by atoms with van der Waals surface area (Å²) in [6.07, 6.45) is 3.91. The van der Waals surface area contributed by atoms with Gasteiger partial charge in [0.15, 0.2) is 5.96 Å². The number of benzene rings is 1. The van der Waals surface area contributed by atoms with Gasteiger partial charge >= 0.3 is 0 Å². The highest BCUT2D eigenvalue weighted by atomic mass is 127. The first kappa shape index (κ1) is 24.6. The van der Waals surface area contributed by atoms with Crippen molar-refractivity contribution in [3.8, 4) is 0 Å². The van der Waals surface area contributed by atoms with Crippen LogP contribution in [-0.4, -0.2) is 75.5 Å². The number of nitrogens with zero attached hydrogens (tertiary/aromatic N) is 4. The Bertz CT molecular complexity index is 760. The highest BCUT2D eigenvalue weighted by molar-refractivity contribution is 14.0. The van der Waals surface area contributed by atoms with Crippen LogP contribution in [0.15, 0.2) is 23.2 Å². The molecule has 0 unspecified atom stereocenters. The lowest BCUT2D eigenvalue weighted by molar-refractivity contribution is -0.138. The summed E-state index contributed by atoms with van der Waals surface area (Å²) < 4.78 is 27.6. The Morgan fingerprint density at radius 2 is 1.80 bits per heavy atom.